The van der Waals surface area contributed by atoms with Crippen LogP contribution in [-0.4, -0.2) is 28.4 Å². The first-order valence-corrected chi connectivity index (χ1v) is 6.46. The Bertz CT molecular complexity index is 391. The smallest absolute Gasteiger partial charge is 0.226 e. The van der Waals surface area contributed by atoms with Crippen molar-refractivity contribution in [1.29, 1.82) is 0 Å². The second-order valence-corrected chi connectivity index (χ2v) is 5.28. The molecule has 17 heavy (non-hydrogen) atoms. The number of nitrogens with zero attached hydrogens (tertiary/aromatic N) is 2. The van der Waals surface area contributed by atoms with Gasteiger partial charge >= 0.3 is 0 Å². The molecule has 0 radical (unpaired) electrons. The molecule has 2 bridgehead atoms. The molecule has 2 fully saturated rings. The molecule has 1 aromatic heterocycles. The summed E-state index contributed by atoms with van der Waals surface area (Å²) in [7, 11) is 0. The molecule has 0 amide bonds. The lowest BCUT2D eigenvalue weighted by molar-refractivity contribution is 0.0996. The number of fused-ring (bicyclic) bond motifs is 2. The summed E-state index contributed by atoms with van der Waals surface area (Å²) >= 11 is 0. The predicted octanol–water partition coefficient (Wildman–Crippen LogP) is 1.38. The Kier molecular flexibility index (Phi) is 2.88. The minimum absolute atomic E-state index is 0.177. The second kappa shape index (κ2) is 4.38. The molecule has 2 aliphatic heterocycles. The normalized spacial score (nSPS) is 33.2. The molecule has 0 aromatic carbocycles. The minimum atomic E-state index is 0.177. The van der Waals surface area contributed by atoms with Gasteiger partial charge in [0.05, 0.1) is 18.1 Å². The molecule has 94 valence electrons. The minimum Gasteiger partial charge on any atom is -0.374 e. The van der Waals surface area contributed by atoms with Crippen molar-refractivity contribution in [2.75, 3.05) is 0 Å². The van der Waals surface area contributed by atoms with E-state index in [1.165, 1.54) is 6.42 Å². The van der Waals surface area contributed by atoms with E-state index in [9.17, 15) is 0 Å². The van der Waals surface area contributed by atoms with E-state index < -0.39 is 0 Å². The highest BCUT2D eigenvalue weighted by Gasteiger charge is 2.43. The lowest BCUT2D eigenvalue weighted by Crippen LogP contribution is -2.16. The Morgan fingerprint density at radius 2 is 2.35 bits per heavy atom. The third kappa shape index (κ3) is 2.21. The summed E-state index contributed by atoms with van der Waals surface area (Å²) in [5, 5.41) is 4.09. The first-order valence-electron chi connectivity index (χ1n) is 6.46. The van der Waals surface area contributed by atoms with Crippen molar-refractivity contribution in [3.05, 3.63) is 11.7 Å². The summed E-state index contributed by atoms with van der Waals surface area (Å²) in [5.41, 5.74) is 5.71. The molecule has 5 heteroatoms. The highest BCUT2D eigenvalue weighted by atomic mass is 16.5. The Labute approximate surface area is 101 Å². The van der Waals surface area contributed by atoms with Crippen LogP contribution in [-0.2, 0) is 11.2 Å². The summed E-state index contributed by atoms with van der Waals surface area (Å²) in [6.07, 6.45) is 5.78. The van der Waals surface area contributed by atoms with Crippen LogP contribution in [0.15, 0.2) is 4.52 Å². The van der Waals surface area contributed by atoms with Crippen LogP contribution in [0.2, 0.25) is 0 Å². The predicted molar refractivity (Wildman–Crippen MR) is 61.5 cm³/mol. The number of hydrogen-bond acceptors (Lipinski definition) is 5. The van der Waals surface area contributed by atoms with Crippen molar-refractivity contribution in [3.8, 4) is 0 Å². The first-order chi connectivity index (χ1) is 8.22. The highest BCUT2D eigenvalue weighted by Crippen LogP contribution is 2.43. The van der Waals surface area contributed by atoms with Crippen LogP contribution in [0.4, 0.5) is 0 Å². The van der Waals surface area contributed by atoms with Crippen LogP contribution in [0.25, 0.3) is 0 Å². The number of ether oxygens (including phenoxy) is 1. The average Bonchev–Trinajstić information content (AvgIpc) is 3.01. The van der Waals surface area contributed by atoms with Gasteiger partial charge in [-0.3, -0.25) is 0 Å². The van der Waals surface area contributed by atoms with Crippen molar-refractivity contribution in [3.63, 3.8) is 0 Å². The zero-order chi connectivity index (χ0) is 11.8. The Balaban J connectivity index is 1.64. The molecular formula is C12H19N3O2. The Morgan fingerprint density at radius 1 is 1.47 bits per heavy atom. The van der Waals surface area contributed by atoms with E-state index in [2.05, 4.69) is 10.1 Å². The molecule has 0 saturated carbocycles. The lowest BCUT2D eigenvalue weighted by Gasteiger charge is -2.13. The van der Waals surface area contributed by atoms with Gasteiger partial charge in [0.25, 0.3) is 0 Å². The molecule has 5 nitrogen and oxygen atoms in total. The van der Waals surface area contributed by atoms with E-state index in [0.717, 1.165) is 31.5 Å². The molecule has 4 unspecified atom stereocenters. The van der Waals surface area contributed by atoms with Crippen molar-refractivity contribution < 1.29 is 9.26 Å². The molecule has 2 aliphatic rings. The first kappa shape index (κ1) is 11.2. The standard InChI is InChI=1S/C12H19N3O2/c1-7(13)2-5-11-14-12(15-17-11)9-6-8-3-4-10(9)16-8/h7-10H,2-6,13H2,1H3. The molecule has 1 aromatic rings. The molecule has 3 heterocycles. The molecule has 0 spiro atoms. The SMILES string of the molecule is CC(N)CCc1nc(C2CC3CCC2O3)no1. The topological polar surface area (TPSA) is 74.2 Å². The van der Waals surface area contributed by atoms with Gasteiger partial charge in [-0.25, -0.2) is 0 Å². The van der Waals surface area contributed by atoms with Gasteiger partial charge in [-0.05, 0) is 32.6 Å². The van der Waals surface area contributed by atoms with Crippen LogP contribution in [0.5, 0.6) is 0 Å². The van der Waals surface area contributed by atoms with Crippen molar-refractivity contribution in [1.82, 2.24) is 10.1 Å². The van der Waals surface area contributed by atoms with Gasteiger partial charge in [0.15, 0.2) is 5.82 Å². The average molecular weight is 237 g/mol. The molecule has 3 rings (SSSR count). The van der Waals surface area contributed by atoms with Gasteiger partial charge in [-0.1, -0.05) is 5.16 Å². The van der Waals surface area contributed by atoms with Crippen molar-refractivity contribution in [2.24, 2.45) is 5.73 Å². The number of aromatic nitrogens is 2. The van der Waals surface area contributed by atoms with E-state index in [-0.39, 0.29) is 6.04 Å². The summed E-state index contributed by atoms with van der Waals surface area (Å²) in [6.45, 7) is 1.99. The summed E-state index contributed by atoms with van der Waals surface area (Å²) in [5.74, 6) is 1.89. The number of rotatable bonds is 4. The molecule has 2 saturated heterocycles. The maximum absolute atomic E-state index is 5.81. The van der Waals surface area contributed by atoms with E-state index in [1.54, 1.807) is 0 Å². The van der Waals surface area contributed by atoms with Crippen LogP contribution < -0.4 is 5.73 Å². The van der Waals surface area contributed by atoms with Crippen LogP contribution >= 0.6 is 0 Å². The van der Waals surface area contributed by atoms with Crippen LogP contribution in [0.1, 0.15) is 50.2 Å². The highest BCUT2D eigenvalue weighted by molar-refractivity contribution is 5.06. The monoisotopic (exact) mass is 237 g/mol. The van der Waals surface area contributed by atoms with Crippen LogP contribution in [0, 0.1) is 0 Å². The molecule has 2 N–H and O–H groups in total. The zero-order valence-electron chi connectivity index (χ0n) is 10.1. The quantitative estimate of drug-likeness (QED) is 0.856. The lowest BCUT2D eigenvalue weighted by atomic mass is 9.89. The number of aryl methyl sites for hydroxylation is 1. The number of hydrogen-bond donors (Lipinski definition) is 1. The Hall–Kier alpha value is -0.940. The largest absolute Gasteiger partial charge is 0.374 e. The number of nitrogens with two attached hydrogens (primary N) is 1. The van der Waals surface area contributed by atoms with Gasteiger partial charge in [0.2, 0.25) is 5.89 Å². The van der Waals surface area contributed by atoms with Gasteiger partial charge in [-0.2, -0.15) is 4.98 Å². The van der Waals surface area contributed by atoms with E-state index in [4.69, 9.17) is 15.0 Å². The van der Waals surface area contributed by atoms with Crippen LogP contribution in [0.3, 0.4) is 0 Å². The fourth-order valence-corrected chi connectivity index (χ4v) is 2.78. The van der Waals surface area contributed by atoms with Gasteiger partial charge in [0, 0.05) is 12.5 Å². The fraction of sp³-hybridized carbons (Fsp3) is 0.833. The van der Waals surface area contributed by atoms with E-state index in [0.29, 0.717) is 24.0 Å². The molecule has 4 atom stereocenters. The third-order valence-corrected chi connectivity index (χ3v) is 3.74. The molecular weight excluding hydrogens is 218 g/mol. The van der Waals surface area contributed by atoms with Crippen molar-refractivity contribution >= 4 is 0 Å². The van der Waals surface area contributed by atoms with Gasteiger partial charge in [0.1, 0.15) is 0 Å². The fourth-order valence-electron chi connectivity index (χ4n) is 2.78. The maximum atomic E-state index is 5.81. The van der Waals surface area contributed by atoms with Gasteiger partial charge in [-0.15, -0.1) is 0 Å². The Morgan fingerprint density at radius 3 is 3.00 bits per heavy atom. The summed E-state index contributed by atoms with van der Waals surface area (Å²) in [6, 6.07) is 0.177. The van der Waals surface area contributed by atoms with E-state index in [1.807, 2.05) is 6.92 Å². The molecule has 0 aliphatic carbocycles. The second-order valence-electron chi connectivity index (χ2n) is 5.28. The van der Waals surface area contributed by atoms with Crippen molar-refractivity contribution in [2.45, 2.75) is 63.2 Å². The maximum Gasteiger partial charge on any atom is 0.226 e. The third-order valence-electron chi connectivity index (χ3n) is 3.74. The summed E-state index contributed by atoms with van der Waals surface area (Å²) in [4.78, 5) is 4.47. The zero-order valence-corrected chi connectivity index (χ0v) is 10.1. The van der Waals surface area contributed by atoms with Gasteiger partial charge < -0.3 is 15.0 Å². The summed E-state index contributed by atoms with van der Waals surface area (Å²) < 4.78 is 11.1. The van der Waals surface area contributed by atoms with E-state index >= 15 is 0 Å².